The fourth-order valence-electron chi connectivity index (χ4n) is 2.89. The van der Waals surface area contributed by atoms with E-state index >= 15 is 0 Å². The van der Waals surface area contributed by atoms with Gasteiger partial charge in [-0.1, -0.05) is 0 Å². The third-order valence-corrected chi connectivity index (χ3v) is 4.00. The molecule has 2 atom stereocenters. The van der Waals surface area contributed by atoms with Gasteiger partial charge in [-0.15, -0.1) is 0 Å². The van der Waals surface area contributed by atoms with E-state index < -0.39 is 0 Å². The van der Waals surface area contributed by atoms with Crippen molar-refractivity contribution in [2.45, 2.75) is 31.9 Å². The number of aliphatic hydroxyl groups is 1. The molecule has 1 aliphatic carbocycles. The number of nitrogens with one attached hydrogen (secondary N) is 1. The molecule has 2 N–H and O–H groups in total. The van der Waals surface area contributed by atoms with E-state index in [1.165, 1.54) is 0 Å². The van der Waals surface area contributed by atoms with Gasteiger partial charge in [-0.3, -0.25) is 0 Å². The van der Waals surface area contributed by atoms with Gasteiger partial charge in [0.25, 0.3) is 0 Å². The van der Waals surface area contributed by atoms with Gasteiger partial charge < -0.3 is 24.6 Å². The van der Waals surface area contributed by atoms with E-state index in [4.69, 9.17) is 14.2 Å². The fraction of sp³-hybridized carbons (Fsp3) is 0.625. The van der Waals surface area contributed by atoms with Crippen LogP contribution in [0.1, 0.15) is 24.8 Å². The number of hydrogen-bond donors (Lipinski definition) is 2. The standard InChI is InChI=1S/C16H25NO4/c1-19-14-7-12(8-15(20-2)16(14)21-3)10-17-9-11-4-5-13(18)6-11/h7-8,11,13,17-18H,4-6,9-10H2,1-3H3. The number of ether oxygens (including phenoxy) is 3. The van der Waals surface area contributed by atoms with Gasteiger partial charge in [0, 0.05) is 6.54 Å². The summed E-state index contributed by atoms with van der Waals surface area (Å²) in [5.74, 6) is 2.53. The Hall–Kier alpha value is -1.46. The van der Waals surface area contributed by atoms with E-state index in [1.807, 2.05) is 12.1 Å². The Morgan fingerprint density at radius 2 is 1.76 bits per heavy atom. The van der Waals surface area contributed by atoms with Crippen LogP contribution in [-0.4, -0.2) is 39.1 Å². The molecule has 0 saturated heterocycles. The average molecular weight is 295 g/mol. The quantitative estimate of drug-likeness (QED) is 0.805. The van der Waals surface area contributed by atoms with E-state index in [0.29, 0.717) is 23.2 Å². The van der Waals surface area contributed by atoms with Crippen LogP contribution in [0, 0.1) is 5.92 Å². The first-order valence-electron chi connectivity index (χ1n) is 7.35. The van der Waals surface area contributed by atoms with Crippen LogP contribution in [0.15, 0.2) is 12.1 Å². The van der Waals surface area contributed by atoms with E-state index in [2.05, 4.69) is 5.32 Å². The number of methoxy groups -OCH3 is 3. The van der Waals surface area contributed by atoms with Crippen LogP contribution in [0.25, 0.3) is 0 Å². The van der Waals surface area contributed by atoms with Crippen LogP contribution in [0.5, 0.6) is 17.2 Å². The monoisotopic (exact) mass is 295 g/mol. The summed E-state index contributed by atoms with van der Waals surface area (Å²) >= 11 is 0. The van der Waals surface area contributed by atoms with Gasteiger partial charge >= 0.3 is 0 Å². The van der Waals surface area contributed by atoms with Crippen molar-refractivity contribution in [3.8, 4) is 17.2 Å². The molecule has 0 aromatic heterocycles. The Labute approximate surface area is 126 Å². The number of benzene rings is 1. The molecule has 2 rings (SSSR count). The lowest BCUT2D eigenvalue weighted by molar-refractivity contribution is 0.177. The van der Waals surface area contributed by atoms with Crippen molar-refractivity contribution in [2.75, 3.05) is 27.9 Å². The Morgan fingerprint density at radius 3 is 2.24 bits per heavy atom. The van der Waals surface area contributed by atoms with Gasteiger partial charge in [0.1, 0.15) is 0 Å². The summed E-state index contributed by atoms with van der Waals surface area (Å²) in [6.07, 6.45) is 2.82. The van der Waals surface area contributed by atoms with Crippen molar-refractivity contribution in [2.24, 2.45) is 5.92 Å². The summed E-state index contributed by atoms with van der Waals surface area (Å²) in [6, 6.07) is 3.91. The van der Waals surface area contributed by atoms with Gasteiger partial charge in [-0.25, -0.2) is 0 Å². The first-order valence-corrected chi connectivity index (χ1v) is 7.35. The molecule has 5 nitrogen and oxygen atoms in total. The largest absolute Gasteiger partial charge is 0.493 e. The maximum atomic E-state index is 9.54. The number of hydrogen-bond acceptors (Lipinski definition) is 5. The third kappa shape index (κ3) is 4.02. The van der Waals surface area contributed by atoms with Gasteiger partial charge in [0.2, 0.25) is 5.75 Å². The SMILES string of the molecule is COc1cc(CNCC2CCC(O)C2)cc(OC)c1OC. The predicted molar refractivity (Wildman–Crippen MR) is 81.2 cm³/mol. The fourth-order valence-corrected chi connectivity index (χ4v) is 2.89. The highest BCUT2D eigenvalue weighted by molar-refractivity contribution is 5.53. The van der Waals surface area contributed by atoms with Crippen molar-refractivity contribution in [1.82, 2.24) is 5.32 Å². The van der Waals surface area contributed by atoms with E-state index in [-0.39, 0.29) is 6.10 Å². The summed E-state index contributed by atoms with van der Waals surface area (Å²) in [5, 5.41) is 13.0. The van der Waals surface area contributed by atoms with Crippen LogP contribution < -0.4 is 19.5 Å². The minimum absolute atomic E-state index is 0.113. The molecule has 0 spiro atoms. The summed E-state index contributed by atoms with van der Waals surface area (Å²) in [7, 11) is 4.84. The second-order valence-electron chi connectivity index (χ2n) is 5.50. The molecule has 1 aromatic carbocycles. The van der Waals surface area contributed by atoms with Gasteiger partial charge in [0.05, 0.1) is 27.4 Å². The smallest absolute Gasteiger partial charge is 0.203 e. The molecule has 5 heteroatoms. The minimum atomic E-state index is -0.113. The molecule has 0 radical (unpaired) electrons. The van der Waals surface area contributed by atoms with Crippen molar-refractivity contribution >= 4 is 0 Å². The van der Waals surface area contributed by atoms with E-state index in [0.717, 1.165) is 37.9 Å². The zero-order chi connectivity index (χ0) is 15.2. The molecule has 0 amide bonds. The highest BCUT2D eigenvalue weighted by atomic mass is 16.5. The summed E-state index contributed by atoms with van der Waals surface area (Å²) in [4.78, 5) is 0. The van der Waals surface area contributed by atoms with Crippen LogP contribution in [0.2, 0.25) is 0 Å². The second kappa shape index (κ2) is 7.52. The molecular weight excluding hydrogens is 270 g/mol. The maximum absolute atomic E-state index is 9.54. The molecule has 0 heterocycles. The third-order valence-electron chi connectivity index (χ3n) is 4.00. The summed E-state index contributed by atoms with van der Waals surface area (Å²) < 4.78 is 16.0. The predicted octanol–water partition coefficient (Wildman–Crippen LogP) is 1.96. The topological polar surface area (TPSA) is 60.0 Å². The highest BCUT2D eigenvalue weighted by Gasteiger charge is 2.22. The van der Waals surface area contributed by atoms with Crippen molar-refractivity contribution in [3.63, 3.8) is 0 Å². The number of aliphatic hydroxyl groups excluding tert-OH is 1. The first kappa shape index (κ1) is 15.9. The normalized spacial score (nSPS) is 21.3. The Balaban J connectivity index is 1.96. The molecule has 1 aliphatic rings. The Morgan fingerprint density at radius 1 is 1.10 bits per heavy atom. The molecule has 0 bridgehead atoms. The van der Waals surface area contributed by atoms with Crippen molar-refractivity contribution < 1.29 is 19.3 Å². The van der Waals surface area contributed by atoms with Gasteiger partial charge in [-0.05, 0) is 49.4 Å². The molecule has 1 aromatic rings. The van der Waals surface area contributed by atoms with Gasteiger partial charge in [-0.2, -0.15) is 0 Å². The lowest BCUT2D eigenvalue weighted by atomic mass is 10.1. The first-order chi connectivity index (χ1) is 10.2. The lowest BCUT2D eigenvalue weighted by Gasteiger charge is -2.15. The van der Waals surface area contributed by atoms with E-state index in [1.54, 1.807) is 21.3 Å². The molecule has 0 aliphatic heterocycles. The molecule has 118 valence electrons. The van der Waals surface area contributed by atoms with Crippen LogP contribution in [-0.2, 0) is 6.54 Å². The van der Waals surface area contributed by atoms with E-state index in [9.17, 15) is 5.11 Å². The highest BCUT2D eigenvalue weighted by Crippen LogP contribution is 2.38. The molecule has 1 fully saturated rings. The average Bonchev–Trinajstić information content (AvgIpc) is 2.91. The van der Waals surface area contributed by atoms with Crippen LogP contribution in [0.4, 0.5) is 0 Å². The number of rotatable bonds is 7. The zero-order valence-corrected chi connectivity index (χ0v) is 13.0. The molecule has 1 saturated carbocycles. The summed E-state index contributed by atoms with van der Waals surface area (Å²) in [6.45, 7) is 1.66. The van der Waals surface area contributed by atoms with Crippen molar-refractivity contribution in [1.29, 1.82) is 0 Å². The Kier molecular flexibility index (Phi) is 5.70. The molecule has 21 heavy (non-hydrogen) atoms. The summed E-state index contributed by atoms with van der Waals surface area (Å²) in [5.41, 5.74) is 1.09. The van der Waals surface area contributed by atoms with Crippen LogP contribution in [0.3, 0.4) is 0 Å². The molecule has 2 unspecified atom stereocenters. The molecular formula is C16H25NO4. The second-order valence-corrected chi connectivity index (χ2v) is 5.50. The van der Waals surface area contributed by atoms with Crippen molar-refractivity contribution in [3.05, 3.63) is 17.7 Å². The lowest BCUT2D eigenvalue weighted by Crippen LogP contribution is -2.21. The Bertz CT molecular complexity index is 439. The maximum Gasteiger partial charge on any atom is 0.203 e. The van der Waals surface area contributed by atoms with Gasteiger partial charge in [0.15, 0.2) is 11.5 Å². The minimum Gasteiger partial charge on any atom is -0.493 e. The van der Waals surface area contributed by atoms with Crippen LogP contribution >= 0.6 is 0 Å². The zero-order valence-electron chi connectivity index (χ0n) is 13.0.